The van der Waals surface area contributed by atoms with Crippen LogP contribution in [0.15, 0.2) is 60.9 Å². The van der Waals surface area contributed by atoms with E-state index in [1.165, 1.54) is 0 Å². The molecule has 3 rings (SSSR count). The summed E-state index contributed by atoms with van der Waals surface area (Å²) in [5.74, 6) is 0.663. The van der Waals surface area contributed by atoms with Crippen molar-refractivity contribution >= 4 is 6.29 Å². The molecule has 104 valence electrons. The lowest BCUT2D eigenvalue weighted by Gasteiger charge is -2.05. The largest absolute Gasteiger partial charge is 0.497 e. The topological polar surface area (TPSA) is 44.1 Å². The highest BCUT2D eigenvalue weighted by Crippen LogP contribution is 2.26. The molecule has 0 spiro atoms. The Morgan fingerprint density at radius 2 is 1.95 bits per heavy atom. The van der Waals surface area contributed by atoms with Crippen molar-refractivity contribution in [1.82, 2.24) is 9.78 Å². The molecule has 0 radical (unpaired) electrons. The molecule has 21 heavy (non-hydrogen) atoms. The summed E-state index contributed by atoms with van der Waals surface area (Å²) in [6.07, 6.45) is 4.49. The monoisotopic (exact) mass is 278 g/mol. The number of hydrogen-bond donors (Lipinski definition) is 0. The van der Waals surface area contributed by atoms with Crippen molar-refractivity contribution in [2.45, 2.75) is 0 Å². The minimum absolute atomic E-state index is 0.585. The standard InChI is InChI=1S/C17H14N2O2/c1-21-16-7-8-17(13(9-16)12-20)14-10-18-19(11-14)15-5-3-2-4-6-15/h2-12H,1H3. The van der Waals surface area contributed by atoms with Gasteiger partial charge < -0.3 is 4.74 Å². The van der Waals surface area contributed by atoms with Crippen molar-refractivity contribution in [3.05, 3.63) is 66.5 Å². The molecule has 0 saturated carbocycles. The Labute approximate surface area is 122 Å². The number of aromatic nitrogens is 2. The predicted molar refractivity (Wildman–Crippen MR) is 80.9 cm³/mol. The van der Waals surface area contributed by atoms with E-state index in [1.54, 1.807) is 24.1 Å². The first-order valence-corrected chi connectivity index (χ1v) is 6.55. The van der Waals surface area contributed by atoms with Gasteiger partial charge in [-0.1, -0.05) is 18.2 Å². The normalized spacial score (nSPS) is 10.3. The van der Waals surface area contributed by atoms with Gasteiger partial charge in [0.05, 0.1) is 19.0 Å². The Bertz CT molecular complexity index is 763. The Kier molecular flexibility index (Phi) is 3.51. The molecule has 4 nitrogen and oxygen atoms in total. The van der Waals surface area contributed by atoms with Gasteiger partial charge >= 0.3 is 0 Å². The first-order chi connectivity index (χ1) is 10.3. The smallest absolute Gasteiger partial charge is 0.150 e. The van der Waals surface area contributed by atoms with Gasteiger partial charge in [0, 0.05) is 17.3 Å². The third-order valence-electron chi connectivity index (χ3n) is 3.30. The summed E-state index contributed by atoms with van der Waals surface area (Å²) in [6, 6.07) is 15.3. The quantitative estimate of drug-likeness (QED) is 0.687. The van der Waals surface area contributed by atoms with E-state index in [-0.39, 0.29) is 0 Å². The van der Waals surface area contributed by atoms with E-state index in [1.807, 2.05) is 48.7 Å². The first-order valence-electron chi connectivity index (χ1n) is 6.55. The molecule has 0 N–H and O–H groups in total. The average molecular weight is 278 g/mol. The van der Waals surface area contributed by atoms with Crippen molar-refractivity contribution in [2.75, 3.05) is 7.11 Å². The zero-order valence-corrected chi connectivity index (χ0v) is 11.6. The number of benzene rings is 2. The predicted octanol–water partition coefficient (Wildman–Crippen LogP) is 3.36. The fourth-order valence-electron chi connectivity index (χ4n) is 2.21. The van der Waals surface area contributed by atoms with E-state index in [9.17, 15) is 4.79 Å². The second kappa shape index (κ2) is 5.63. The van der Waals surface area contributed by atoms with E-state index in [4.69, 9.17) is 4.74 Å². The van der Waals surface area contributed by atoms with Crippen LogP contribution in [0.25, 0.3) is 16.8 Å². The summed E-state index contributed by atoms with van der Waals surface area (Å²) in [6.45, 7) is 0. The van der Waals surface area contributed by atoms with Crippen LogP contribution in [-0.2, 0) is 0 Å². The Morgan fingerprint density at radius 3 is 2.67 bits per heavy atom. The lowest BCUT2D eigenvalue weighted by Crippen LogP contribution is -1.93. The van der Waals surface area contributed by atoms with Crippen LogP contribution >= 0.6 is 0 Å². The SMILES string of the molecule is COc1ccc(-c2cnn(-c3ccccc3)c2)c(C=O)c1. The van der Waals surface area contributed by atoms with Crippen LogP contribution in [0.5, 0.6) is 5.75 Å². The number of nitrogens with zero attached hydrogens (tertiary/aromatic N) is 2. The van der Waals surface area contributed by atoms with Crippen molar-refractivity contribution in [3.63, 3.8) is 0 Å². The number of methoxy groups -OCH3 is 1. The van der Waals surface area contributed by atoms with E-state index < -0.39 is 0 Å². The maximum Gasteiger partial charge on any atom is 0.150 e. The summed E-state index contributed by atoms with van der Waals surface area (Å²) < 4.78 is 6.93. The molecular formula is C17H14N2O2. The van der Waals surface area contributed by atoms with Gasteiger partial charge in [0.15, 0.2) is 6.29 Å². The zero-order valence-electron chi connectivity index (χ0n) is 11.6. The second-order valence-corrected chi connectivity index (χ2v) is 4.58. The number of carbonyl (C=O) groups excluding carboxylic acids is 1. The second-order valence-electron chi connectivity index (χ2n) is 4.58. The molecule has 0 aliphatic carbocycles. The van der Waals surface area contributed by atoms with Gasteiger partial charge in [-0.25, -0.2) is 4.68 Å². The summed E-state index contributed by atoms with van der Waals surface area (Å²) >= 11 is 0. The highest BCUT2D eigenvalue weighted by atomic mass is 16.5. The van der Waals surface area contributed by atoms with Gasteiger partial charge in [0.2, 0.25) is 0 Å². The molecule has 0 aliphatic rings. The van der Waals surface area contributed by atoms with Crippen molar-refractivity contribution in [2.24, 2.45) is 0 Å². The van der Waals surface area contributed by atoms with Crippen molar-refractivity contribution in [1.29, 1.82) is 0 Å². The Balaban J connectivity index is 2.02. The molecule has 1 heterocycles. The van der Waals surface area contributed by atoms with Gasteiger partial charge in [-0.2, -0.15) is 5.10 Å². The van der Waals surface area contributed by atoms with E-state index in [0.29, 0.717) is 11.3 Å². The molecule has 2 aromatic carbocycles. The van der Waals surface area contributed by atoms with Crippen LogP contribution in [0.1, 0.15) is 10.4 Å². The third-order valence-corrected chi connectivity index (χ3v) is 3.30. The lowest BCUT2D eigenvalue weighted by molar-refractivity contribution is 0.112. The van der Waals surface area contributed by atoms with Crippen LogP contribution in [0.4, 0.5) is 0 Å². The molecule has 0 amide bonds. The lowest BCUT2D eigenvalue weighted by atomic mass is 10.0. The van der Waals surface area contributed by atoms with Crippen molar-refractivity contribution in [3.8, 4) is 22.6 Å². The van der Waals surface area contributed by atoms with Crippen LogP contribution in [-0.4, -0.2) is 23.2 Å². The zero-order chi connectivity index (χ0) is 14.7. The maximum absolute atomic E-state index is 11.3. The molecule has 4 heteroatoms. The van der Waals surface area contributed by atoms with Crippen molar-refractivity contribution < 1.29 is 9.53 Å². The van der Waals surface area contributed by atoms with E-state index in [2.05, 4.69) is 5.10 Å². The van der Waals surface area contributed by atoms with Gasteiger partial charge in [-0.3, -0.25) is 4.79 Å². The van der Waals surface area contributed by atoms with Crippen LogP contribution < -0.4 is 4.74 Å². The van der Waals surface area contributed by atoms with Crippen LogP contribution in [0, 0.1) is 0 Å². The van der Waals surface area contributed by atoms with E-state index in [0.717, 1.165) is 23.1 Å². The average Bonchev–Trinajstić information content (AvgIpc) is 3.04. The molecule has 0 fully saturated rings. The fraction of sp³-hybridized carbons (Fsp3) is 0.0588. The molecule has 0 unspecified atom stereocenters. The number of hydrogen-bond acceptors (Lipinski definition) is 3. The molecule has 0 saturated heterocycles. The number of para-hydroxylation sites is 1. The minimum atomic E-state index is 0.585. The number of aldehydes is 1. The molecular weight excluding hydrogens is 264 g/mol. The van der Waals surface area contributed by atoms with Crippen LogP contribution in [0.2, 0.25) is 0 Å². The summed E-state index contributed by atoms with van der Waals surface area (Å²) in [4.78, 5) is 11.3. The number of rotatable bonds is 4. The minimum Gasteiger partial charge on any atom is -0.497 e. The Morgan fingerprint density at radius 1 is 1.14 bits per heavy atom. The highest BCUT2D eigenvalue weighted by molar-refractivity contribution is 5.88. The fourth-order valence-corrected chi connectivity index (χ4v) is 2.21. The maximum atomic E-state index is 11.3. The van der Waals surface area contributed by atoms with Gasteiger partial charge in [0.1, 0.15) is 5.75 Å². The molecule has 3 aromatic rings. The van der Waals surface area contributed by atoms with Gasteiger partial charge in [-0.05, 0) is 35.9 Å². The number of ether oxygens (including phenoxy) is 1. The molecule has 0 atom stereocenters. The molecule has 0 bridgehead atoms. The highest BCUT2D eigenvalue weighted by Gasteiger charge is 2.09. The van der Waals surface area contributed by atoms with E-state index >= 15 is 0 Å². The summed E-state index contributed by atoms with van der Waals surface area (Å²) in [7, 11) is 1.58. The summed E-state index contributed by atoms with van der Waals surface area (Å²) in [5.41, 5.74) is 3.29. The molecule has 0 aliphatic heterocycles. The number of carbonyl (C=O) groups is 1. The third kappa shape index (κ3) is 2.56. The Hall–Kier alpha value is -2.88. The first kappa shape index (κ1) is 13.1. The summed E-state index contributed by atoms with van der Waals surface area (Å²) in [5, 5.41) is 4.35. The molecule has 1 aromatic heterocycles. The van der Waals surface area contributed by atoms with Crippen LogP contribution in [0.3, 0.4) is 0 Å². The van der Waals surface area contributed by atoms with Gasteiger partial charge in [-0.15, -0.1) is 0 Å². The van der Waals surface area contributed by atoms with Gasteiger partial charge in [0.25, 0.3) is 0 Å².